The van der Waals surface area contributed by atoms with E-state index in [0.717, 1.165) is 11.3 Å². The van der Waals surface area contributed by atoms with Gasteiger partial charge in [0.1, 0.15) is 12.4 Å². The van der Waals surface area contributed by atoms with E-state index in [1.165, 1.54) is 12.1 Å². The summed E-state index contributed by atoms with van der Waals surface area (Å²) in [6.07, 6.45) is -0.843. The summed E-state index contributed by atoms with van der Waals surface area (Å²) in [6.45, 7) is 4.54. The molecule has 162 valence electrons. The van der Waals surface area contributed by atoms with E-state index in [1.807, 2.05) is 31.2 Å². The fourth-order valence-corrected chi connectivity index (χ4v) is 2.70. The van der Waals surface area contributed by atoms with Crippen molar-refractivity contribution in [1.29, 1.82) is 0 Å². The number of rotatable bonds is 10. The van der Waals surface area contributed by atoms with Gasteiger partial charge < -0.3 is 19.5 Å². The van der Waals surface area contributed by atoms with E-state index in [-0.39, 0.29) is 24.8 Å². The molecule has 0 bridgehead atoms. The Morgan fingerprint density at radius 3 is 2.48 bits per heavy atom. The maximum atomic E-state index is 13.6. The first kappa shape index (κ1) is 22.0. The van der Waals surface area contributed by atoms with Crippen LogP contribution in [0.15, 0.2) is 60.7 Å². The summed E-state index contributed by atoms with van der Waals surface area (Å²) in [7, 11) is 0. The molecule has 0 aliphatic carbocycles. The summed E-state index contributed by atoms with van der Waals surface area (Å²) < 4.78 is 29.9. The van der Waals surface area contributed by atoms with Crippen LogP contribution in [0.25, 0.3) is 11.3 Å². The van der Waals surface area contributed by atoms with Crippen LogP contribution in [-0.4, -0.2) is 42.0 Å². The van der Waals surface area contributed by atoms with Crippen molar-refractivity contribution in [2.45, 2.75) is 20.0 Å². The first-order valence-corrected chi connectivity index (χ1v) is 9.95. The summed E-state index contributed by atoms with van der Waals surface area (Å²) >= 11 is 0. The number of nitrogens with one attached hydrogen (secondary N) is 1. The standard InChI is InChI=1S/C23H24FN3O4/c1-3-29-18-10-8-17(9-11-18)20-12-13-22(27-26-20)30-15-14-25-23(28)16(2)31-21-7-5-4-6-19(21)24/h4-13,16H,3,14-15H2,1-2H3,(H,25,28). The molecular formula is C23H24FN3O4. The van der Waals surface area contributed by atoms with Gasteiger partial charge in [0, 0.05) is 11.6 Å². The van der Waals surface area contributed by atoms with E-state index in [1.54, 1.807) is 31.2 Å². The minimum atomic E-state index is -0.843. The molecule has 0 radical (unpaired) electrons. The molecule has 0 saturated heterocycles. The number of ether oxygens (including phenoxy) is 3. The molecule has 3 aromatic rings. The smallest absolute Gasteiger partial charge is 0.260 e. The van der Waals surface area contributed by atoms with Gasteiger partial charge in [-0.2, -0.15) is 0 Å². The predicted octanol–water partition coefficient (Wildman–Crippen LogP) is 3.64. The predicted molar refractivity (Wildman–Crippen MR) is 114 cm³/mol. The molecular weight excluding hydrogens is 401 g/mol. The highest BCUT2D eigenvalue weighted by Gasteiger charge is 2.16. The lowest BCUT2D eigenvalue weighted by molar-refractivity contribution is -0.127. The van der Waals surface area contributed by atoms with Gasteiger partial charge in [0.2, 0.25) is 5.88 Å². The number of aromatic nitrogens is 2. The zero-order valence-corrected chi connectivity index (χ0v) is 17.4. The molecule has 1 aromatic heterocycles. The SMILES string of the molecule is CCOc1ccc(-c2ccc(OCCNC(=O)C(C)Oc3ccccc3F)nn2)cc1. The van der Waals surface area contributed by atoms with E-state index in [4.69, 9.17) is 14.2 Å². The van der Waals surface area contributed by atoms with Crippen LogP contribution in [0, 0.1) is 5.82 Å². The minimum Gasteiger partial charge on any atom is -0.494 e. The molecule has 1 unspecified atom stereocenters. The molecule has 0 aliphatic rings. The first-order valence-electron chi connectivity index (χ1n) is 9.95. The van der Waals surface area contributed by atoms with Crippen molar-refractivity contribution in [3.63, 3.8) is 0 Å². The van der Waals surface area contributed by atoms with E-state index < -0.39 is 11.9 Å². The molecule has 1 heterocycles. The van der Waals surface area contributed by atoms with Gasteiger partial charge in [-0.1, -0.05) is 12.1 Å². The van der Waals surface area contributed by atoms with Crippen molar-refractivity contribution in [2.24, 2.45) is 0 Å². The maximum Gasteiger partial charge on any atom is 0.260 e. The molecule has 3 rings (SSSR count). The highest BCUT2D eigenvalue weighted by molar-refractivity contribution is 5.80. The van der Waals surface area contributed by atoms with Crippen LogP contribution >= 0.6 is 0 Å². The number of amides is 1. The Labute approximate surface area is 180 Å². The maximum absolute atomic E-state index is 13.6. The van der Waals surface area contributed by atoms with Gasteiger partial charge in [0.15, 0.2) is 17.7 Å². The van der Waals surface area contributed by atoms with Crippen molar-refractivity contribution < 1.29 is 23.4 Å². The van der Waals surface area contributed by atoms with Gasteiger partial charge in [-0.15, -0.1) is 10.2 Å². The van der Waals surface area contributed by atoms with Crippen molar-refractivity contribution >= 4 is 5.91 Å². The van der Waals surface area contributed by atoms with Gasteiger partial charge in [-0.3, -0.25) is 4.79 Å². The third-order valence-electron chi connectivity index (χ3n) is 4.26. The second-order valence-electron chi connectivity index (χ2n) is 6.54. The molecule has 0 fully saturated rings. The lowest BCUT2D eigenvalue weighted by Gasteiger charge is -2.15. The average Bonchev–Trinajstić information content (AvgIpc) is 2.79. The molecule has 1 atom stereocenters. The molecule has 0 saturated carbocycles. The molecule has 0 spiro atoms. The molecule has 2 aromatic carbocycles. The van der Waals surface area contributed by atoms with Crippen LogP contribution < -0.4 is 19.5 Å². The average molecular weight is 425 g/mol. The first-order chi connectivity index (χ1) is 15.1. The zero-order valence-electron chi connectivity index (χ0n) is 17.4. The van der Waals surface area contributed by atoms with E-state index >= 15 is 0 Å². The van der Waals surface area contributed by atoms with Crippen LogP contribution in [-0.2, 0) is 4.79 Å². The second-order valence-corrected chi connectivity index (χ2v) is 6.54. The summed E-state index contributed by atoms with van der Waals surface area (Å²) in [5.41, 5.74) is 1.63. The second kappa shape index (κ2) is 10.9. The fourth-order valence-electron chi connectivity index (χ4n) is 2.70. The van der Waals surface area contributed by atoms with Gasteiger partial charge >= 0.3 is 0 Å². The molecule has 0 aliphatic heterocycles. The fraction of sp³-hybridized carbons (Fsp3) is 0.261. The third kappa shape index (κ3) is 6.40. The van der Waals surface area contributed by atoms with Crippen LogP contribution in [0.1, 0.15) is 13.8 Å². The number of hydrogen-bond acceptors (Lipinski definition) is 6. The zero-order chi connectivity index (χ0) is 22.1. The van der Waals surface area contributed by atoms with Crippen molar-refractivity contribution in [2.75, 3.05) is 19.8 Å². The molecule has 1 N–H and O–H groups in total. The molecule has 8 heteroatoms. The van der Waals surface area contributed by atoms with E-state index in [2.05, 4.69) is 15.5 Å². The monoisotopic (exact) mass is 425 g/mol. The Morgan fingerprint density at radius 2 is 1.81 bits per heavy atom. The number of carbonyl (C=O) groups excluding carboxylic acids is 1. The summed E-state index contributed by atoms with van der Waals surface area (Å²) in [5, 5.41) is 10.9. The van der Waals surface area contributed by atoms with E-state index in [9.17, 15) is 9.18 Å². The van der Waals surface area contributed by atoms with Gasteiger partial charge in [-0.25, -0.2) is 4.39 Å². The molecule has 7 nitrogen and oxygen atoms in total. The Kier molecular flexibility index (Phi) is 7.75. The van der Waals surface area contributed by atoms with Crippen molar-refractivity contribution in [1.82, 2.24) is 15.5 Å². The Bertz CT molecular complexity index is 981. The number of nitrogens with zero attached hydrogens (tertiary/aromatic N) is 2. The molecule has 31 heavy (non-hydrogen) atoms. The van der Waals surface area contributed by atoms with Gasteiger partial charge in [0.05, 0.1) is 18.8 Å². The summed E-state index contributed by atoms with van der Waals surface area (Å²) in [4.78, 5) is 12.1. The third-order valence-corrected chi connectivity index (χ3v) is 4.26. The van der Waals surface area contributed by atoms with Crippen LogP contribution in [0.4, 0.5) is 4.39 Å². The Morgan fingerprint density at radius 1 is 1.03 bits per heavy atom. The highest BCUT2D eigenvalue weighted by Crippen LogP contribution is 2.21. The summed E-state index contributed by atoms with van der Waals surface area (Å²) in [5.74, 6) is 0.292. The summed E-state index contributed by atoms with van der Waals surface area (Å²) in [6, 6.07) is 17.0. The van der Waals surface area contributed by atoms with Crippen LogP contribution in [0.5, 0.6) is 17.4 Å². The molecule has 1 amide bonds. The topological polar surface area (TPSA) is 82.6 Å². The van der Waals surface area contributed by atoms with Crippen molar-refractivity contribution in [3.05, 3.63) is 66.5 Å². The highest BCUT2D eigenvalue weighted by atomic mass is 19.1. The number of halogens is 1. The van der Waals surface area contributed by atoms with E-state index in [0.29, 0.717) is 18.2 Å². The number of para-hydroxylation sites is 1. The van der Waals surface area contributed by atoms with Gasteiger partial charge in [-0.05, 0) is 56.3 Å². The van der Waals surface area contributed by atoms with Crippen LogP contribution in [0.2, 0.25) is 0 Å². The van der Waals surface area contributed by atoms with Gasteiger partial charge in [0.25, 0.3) is 5.91 Å². The van der Waals surface area contributed by atoms with Crippen molar-refractivity contribution in [3.8, 4) is 28.6 Å². The number of carbonyl (C=O) groups is 1. The quantitative estimate of drug-likeness (QED) is 0.500. The largest absolute Gasteiger partial charge is 0.494 e. The Balaban J connectivity index is 1.42. The minimum absolute atomic E-state index is 0.0318. The lowest BCUT2D eigenvalue weighted by Crippen LogP contribution is -2.38. The number of benzene rings is 2. The van der Waals surface area contributed by atoms with Crippen LogP contribution in [0.3, 0.4) is 0 Å². The lowest BCUT2D eigenvalue weighted by atomic mass is 10.1. The Hall–Kier alpha value is -3.68. The number of hydrogen-bond donors (Lipinski definition) is 1. The normalized spacial score (nSPS) is 11.5.